The lowest BCUT2D eigenvalue weighted by atomic mass is 9.93. The van der Waals surface area contributed by atoms with E-state index in [-0.39, 0.29) is 42.1 Å². The van der Waals surface area contributed by atoms with E-state index in [4.69, 9.17) is 15.2 Å². The van der Waals surface area contributed by atoms with Gasteiger partial charge in [0.25, 0.3) is 0 Å². The van der Waals surface area contributed by atoms with Crippen molar-refractivity contribution >= 4 is 12.0 Å². The van der Waals surface area contributed by atoms with Crippen LogP contribution in [0.5, 0.6) is 5.75 Å². The molecule has 1 atom stereocenters. The summed E-state index contributed by atoms with van der Waals surface area (Å²) in [5, 5.41) is 2.32. The van der Waals surface area contributed by atoms with E-state index >= 15 is 0 Å². The van der Waals surface area contributed by atoms with Crippen LogP contribution in [-0.4, -0.2) is 34.8 Å². The predicted molar refractivity (Wildman–Crippen MR) is 111 cm³/mol. The zero-order chi connectivity index (χ0) is 23.2. The van der Waals surface area contributed by atoms with E-state index in [0.29, 0.717) is 6.42 Å². The van der Waals surface area contributed by atoms with Crippen molar-refractivity contribution in [3.8, 4) is 17.0 Å². The summed E-state index contributed by atoms with van der Waals surface area (Å²) >= 11 is 0. The highest BCUT2D eigenvalue weighted by atomic mass is 19.4. The van der Waals surface area contributed by atoms with Gasteiger partial charge in [-0.2, -0.15) is 13.2 Å². The van der Waals surface area contributed by atoms with E-state index in [2.05, 4.69) is 15.3 Å². The summed E-state index contributed by atoms with van der Waals surface area (Å²) < 4.78 is 51.3. The Balaban J connectivity index is 2.30. The van der Waals surface area contributed by atoms with Crippen LogP contribution in [0, 0.1) is 5.92 Å². The van der Waals surface area contributed by atoms with Crippen molar-refractivity contribution < 1.29 is 27.4 Å². The smallest absolute Gasteiger partial charge is 0.419 e. The van der Waals surface area contributed by atoms with Gasteiger partial charge in [0.2, 0.25) is 5.95 Å². The average molecular weight is 440 g/mol. The Labute approximate surface area is 179 Å². The number of nitrogens with zero attached hydrogens (tertiary/aromatic N) is 2. The molecule has 0 aliphatic rings. The van der Waals surface area contributed by atoms with Crippen molar-refractivity contribution in [2.45, 2.75) is 45.8 Å². The number of hydrogen-bond acceptors (Lipinski definition) is 6. The van der Waals surface area contributed by atoms with Gasteiger partial charge in [-0.15, -0.1) is 0 Å². The summed E-state index contributed by atoms with van der Waals surface area (Å²) in [6.07, 6.45) is -3.48. The third-order valence-corrected chi connectivity index (χ3v) is 4.16. The summed E-state index contributed by atoms with van der Waals surface area (Å²) in [4.78, 5) is 19.5. The van der Waals surface area contributed by atoms with Gasteiger partial charge in [-0.3, -0.25) is 5.32 Å². The van der Waals surface area contributed by atoms with Crippen molar-refractivity contribution in [2.75, 3.05) is 18.5 Å². The molecule has 1 aromatic heterocycles. The van der Waals surface area contributed by atoms with Crippen LogP contribution in [0.4, 0.5) is 23.9 Å². The minimum Gasteiger partial charge on any atom is -0.491 e. The van der Waals surface area contributed by atoms with Crippen LogP contribution in [0.1, 0.15) is 39.7 Å². The van der Waals surface area contributed by atoms with Crippen molar-refractivity contribution in [1.29, 1.82) is 0 Å². The molecule has 170 valence electrons. The van der Waals surface area contributed by atoms with Gasteiger partial charge in [-0.1, -0.05) is 13.8 Å². The summed E-state index contributed by atoms with van der Waals surface area (Å²) in [5.74, 6) is -0.119. The number of carbonyl (C=O) groups is 1. The van der Waals surface area contributed by atoms with Crippen molar-refractivity contribution in [1.82, 2.24) is 9.97 Å². The van der Waals surface area contributed by atoms with Gasteiger partial charge in [0, 0.05) is 17.3 Å². The molecule has 0 radical (unpaired) electrons. The number of amides is 1. The van der Waals surface area contributed by atoms with Crippen molar-refractivity contribution in [3.63, 3.8) is 0 Å². The van der Waals surface area contributed by atoms with Crippen LogP contribution in [0.3, 0.4) is 0 Å². The SMILES string of the molecule is CCOC(=O)Nc1nccc(-c2ccc(OC[C@@](C)(N)CC(C)C)c(C(F)(F)F)c2)n1. The van der Waals surface area contributed by atoms with Crippen LogP contribution < -0.4 is 15.8 Å². The number of aromatic nitrogens is 2. The minimum atomic E-state index is -4.65. The number of nitrogens with two attached hydrogens (primary N) is 1. The molecule has 1 aromatic carbocycles. The molecule has 7 nitrogen and oxygen atoms in total. The highest BCUT2D eigenvalue weighted by Crippen LogP contribution is 2.39. The Bertz CT molecular complexity index is 902. The number of hydrogen-bond donors (Lipinski definition) is 2. The standard InChI is InChI=1S/C21H27F3N4O3/c1-5-30-19(29)28-18-26-9-8-16(27-18)14-6-7-17(15(10-14)21(22,23)24)31-12-20(4,25)11-13(2)3/h6-10,13H,5,11-12,25H2,1-4H3,(H,26,27,28,29)/t20-/m0/s1. The van der Waals surface area contributed by atoms with Crippen LogP contribution in [0.2, 0.25) is 0 Å². The number of rotatable bonds is 8. The molecule has 10 heteroatoms. The number of alkyl halides is 3. The fourth-order valence-electron chi connectivity index (χ4n) is 3.11. The van der Waals surface area contributed by atoms with Gasteiger partial charge < -0.3 is 15.2 Å². The topological polar surface area (TPSA) is 99.4 Å². The molecule has 0 aliphatic heterocycles. The summed E-state index contributed by atoms with van der Waals surface area (Å²) in [7, 11) is 0. The van der Waals surface area contributed by atoms with E-state index in [0.717, 1.165) is 6.07 Å². The molecule has 2 aromatic rings. The minimum absolute atomic E-state index is 0.0608. The number of halogens is 3. The van der Waals surface area contributed by atoms with E-state index in [1.807, 2.05) is 13.8 Å². The lowest BCUT2D eigenvalue weighted by molar-refractivity contribution is -0.139. The molecule has 2 rings (SSSR count). The molecule has 0 saturated carbocycles. The van der Waals surface area contributed by atoms with E-state index in [1.165, 1.54) is 24.4 Å². The number of benzene rings is 1. The Morgan fingerprint density at radius 3 is 2.58 bits per heavy atom. The molecule has 31 heavy (non-hydrogen) atoms. The molecule has 1 amide bonds. The number of ether oxygens (including phenoxy) is 2. The normalized spacial score (nSPS) is 13.6. The molecule has 0 unspecified atom stereocenters. The lowest BCUT2D eigenvalue weighted by Crippen LogP contribution is -2.43. The number of carbonyl (C=O) groups excluding carboxylic acids is 1. The molecular weight excluding hydrogens is 413 g/mol. The van der Waals surface area contributed by atoms with Gasteiger partial charge in [-0.05, 0) is 50.5 Å². The van der Waals surface area contributed by atoms with E-state index < -0.39 is 23.4 Å². The van der Waals surface area contributed by atoms with Crippen molar-refractivity contribution in [2.24, 2.45) is 11.7 Å². The maximum absolute atomic E-state index is 13.7. The maximum atomic E-state index is 13.7. The molecule has 0 bridgehead atoms. The first kappa shape index (κ1) is 24.4. The number of anilines is 1. The molecule has 0 saturated heterocycles. The highest BCUT2D eigenvalue weighted by Gasteiger charge is 2.35. The van der Waals surface area contributed by atoms with Gasteiger partial charge in [0.15, 0.2) is 0 Å². The molecule has 0 fully saturated rings. The molecular formula is C21H27F3N4O3. The average Bonchev–Trinajstić information content (AvgIpc) is 2.65. The molecule has 1 heterocycles. The van der Waals surface area contributed by atoms with Gasteiger partial charge in [0.1, 0.15) is 12.4 Å². The largest absolute Gasteiger partial charge is 0.491 e. The Morgan fingerprint density at radius 1 is 1.26 bits per heavy atom. The summed E-state index contributed by atoms with van der Waals surface area (Å²) in [6, 6.07) is 5.08. The Hall–Kier alpha value is -2.88. The van der Waals surface area contributed by atoms with Crippen LogP contribution in [0.25, 0.3) is 11.3 Å². The second kappa shape index (κ2) is 9.95. The summed E-state index contributed by atoms with van der Waals surface area (Å²) in [5.41, 5.74) is 4.83. The van der Waals surface area contributed by atoms with Gasteiger partial charge in [-0.25, -0.2) is 14.8 Å². The van der Waals surface area contributed by atoms with Crippen LogP contribution in [-0.2, 0) is 10.9 Å². The zero-order valence-corrected chi connectivity index (χ0v) is 17.9. The molecule has 3 N–H and O–H groups in total. The third-order valence-electron chi connectivity index (χ3n) is 4.16. The number of nitrogens with one attached hydrogen (secondary N) is 1. The van der Waals surface area contributed by atoms with Crippen LogP contribution in [0.15, 0.2) is 30.5 Å². The first-order chi connectivity index (χ1) is 14.4. The predicted octanol–water partition coefficient (Wildman–Crippen LogP) is 4.87. The molecule has 0 aliphatic carbocycles. The third kappa shape index (κ3) is 7.39. The quantitative estimate of drug-likeness (QED) is 0.607. The highest BCUT2D eigenvalue weighted by molar-refractivity contribution is 5.82. The summed E-state index contributed by atoms with van der Waals surface area (Å²) in [6.45, 7) is 7.43. The fourth-order valence-corrected chi connectivity index (χ4v) is 3.11. The van der Waals surface area contributed by atoms with E-state index in [1.54, 1.807) is 13.8 Å². The first-order valence-corrected chi connectivity index (χ1v) is 9.81. The van der Waals surface area contributed by atoms with Crippen molar-refractivity contribution in [3.05, 3.63) is 36.0 Å². The second-order valence-electron chi connectivity index (χ2n) is 7.86. The van der Waals surface area contributed by atoms with Gasteiger partial charge >= 0.3 is 12.3 Å². The van der Waals surface area contributed by atoms with E-state index in [9.17, 15) is 18.0 Å². The molecule has 0 spiro atoms. The Kier molecular flexibility index (Phi) is 7.83. The Morgan fingerprint density at radius 2 is 1.97 bits per heavy atom. The zero-order valence-electron chi connectivity index (χ0n) is 17.9. The first-order valence-electron chi connectivity index (χ1n) is 9.81. The van der Waals surface area contributed by atoms with Crippen LogP contribution >= 0.6 is 0 Å². The fraction of sp³-hybridized carbons (Fsp3) is 0.476. The second-order valence-corrected chi connectivity index (χ2v) is 7.86. The van der Waals surface area contributed by atoms with Gasteiger partial charge in [0.05, 0.1) is 17.9 Å². The maximum Gasteiger partial charge on any atom is 0.419 e. The monoisotopic (exact) mass is 440 g/mol. The lowest BCUT2D eigenvalue weighted by Gasteiger charge is -2.27.